The highest BCUT2D eigenvalue weighted by molar-refractivity contribution is 7.13. The molecule has 0 saturated heterocycles. The lowest BCUT2D eigenvalue weighted by atomic mass is 9.87. The number of carbonyl (C=O) groups is 2. The molecule has 0 bridgehead atoms. The molecule has 0 aliphatic heterocycles. The van der Waals surface area contributed by atoms with Gasteiger partial charge in [-0.2, -0.15) is 0 Å². The minimum atomic E-state index is -1.06. The smallest absolute Gasteiger partial charge is 0.326 e. The highest BCUT2D eigenvalue weighted by Crippen LogP contribution is 2.26. The average Bonchev–Trinajstić information content (AvgIpc) is 2.72. The van der Waals surface area contributed by atoms with Crippen LogP contribution in [0.4, 0.5) is 9.93 Å². The van der Waals surface area contributed by atoms with Crippen LogP contribution in [0.1, 0.15) is 47.2 Å². The third-order valence-corrected chi connectivity index (χ3v) is 3.64. The van der Waals surface area contributed by atoms with Crippen LogP contribution in [0.2, 0.25) is 0 Å². The molecule has 1 rings (SSSR count). The summed E-state index contributed by atoms with van der Waals surface area (Å²) in [5.74, 6) is -1.06. The number of thiazole rings is 1. The highest BCUT2D eigenvalue weighted by Gasteiger charge is 2.32. The molecule has 0 saturated carbocycles. The van der Waals surface area contributed by atoms with Crippen molar-refractivity contribution in [1.29, 1.82) is 0 Å². The third-order valence-electron chi connectivity index (χ3n) is 2.88. The summed E-state index contributed by atoms with van der Waals surface area (Å²) in [5.41, 5.74) is 0.207. The number of carboxylic acids is 1. The Balaban J connectivity index is 2.73. The van der Waals surface area contributed by atoms with Gasteiger partial charge in [0.25, 0.3) is 0 Å². The first-order valence-corrected chi connectivity index (χ1v) is 7.55. The molecule has 0 unspecified atom stereocenters. The molecule has 0 aliphatic carbocycles. The Morgan fingerprint density at radius 1 is 1.24 bits per heavy atom. The largest absolute Gasteiger partial charge is 0.480 e. The number of aromatic nitrogens is 1. The summed E-state index contributed by atoms with van der Waals surface area (Å²) >= 11 is 1.32. The average molecular weight is 313 g/mol. The van der Waals surface area contributed by atoms with E-state index in [1.165, 1.54) is 11.3 Å². The molecule has 6 nitrogen and oxygen atoms in total. The zero-order valence-corrected chi connectivity index (χ0v) is 14.1. The Morgan fingerprint density at radius 2 is 1.81 bits per heavy atom. The molecule has 1 atom stereocenters. The number of rotatable bonds is 3. The number of hydrogen-bond donors (Lipinski definition) is 3. The second kappa shape index (κ2) is 6.01. The molecule has 0 aromatic carbocycles. The van der Waals surface area contributed by atoms with Crippen molar-refractivity contribution in [3.63, 3.8) is 0 Å². The second-order valence-corrected chi connectivity index (χ2v) is 7.88. The molecular formula is C14H23N3O3S. The molecule has 0 fully saturated rings. The van der Waals surface area contributed by atoms with Crippen LogP contribution in [0.5, 0.6) is 0 Å². The summed E-state index contributed by atoms with van der Waals surface area (Å²) in [5, 5.41) is 16.6. The molecule has 21 heavy (non-hydrogen) atoms. The summed E-state index contributed by atoms with van der Waals surface area (Å²) in [4.78, 5) is 27.5. The third kappa shape index (κ3) is 5.00. The second-order valence-electron chi connectivity index (χ2n) is 7.02. The summed E-state index contributed by atoms with van der Waals surface area (Å²) in [6, 6.07) is -1.54. The van der Waals surface area contributed by atoms with Crippen molar-refractivity contribution >= 4 is 28.5 Å². The number of nitrogens with one attached hydrogen (secondary N) is 2. The fourth-order valence-corrected chi connectivity index (χ4v) is 2.52. The number of carbonyl (C=O) groups excluding carboxylic acids is 1. The zero-order chi connectivity index (χ0) is 16.4. The number of urea groups is 1. The van der Waals surface area contributed by atoms with E-state index in [0.29, 0.717) is 5.13 Å². The van der Waals surface area contributed by atoms with Gasteiger partial charge in [-0.05, 0) is 5.41 Å². The number of anilines is 1. The first kappa shape index (κ1) is 17.4. The molecular weight excluding hydrogens is 290 g/mol. The Hall–Kier alpha value is -1.63. The van der Waals surface area contributed by atoms with Crippen molar-refractivity contribution in [1.82, 2.24) is 10.3 Å². The van der Waals surface area contributed by atoms with Crippen LogP contribution in [-0.2, 0) is 10.2 Å². The Kier molecular flexibility index (Phi) is 4.99. The number of carboxylic acid groups (broad SMARTS) is 1. The van der Waals surface area contributed by atoms with Gasteiger partial charge in [-0.3, -0.25) is 5.32 Å². The van der Waals surface area contributed by atoms with Crippen LogP contribution in [0, 0.1) is 5.41 Å². The van der Waals surface area contributed by atoms with Gasteiger partial charge in [-0.15, -0.1) is 11.3 Å². The molecule has 1 aromatic heterocycles. The highest BCUT2D eigenvalue weighted by atomic mass is 32.1. The first-order valence-electron chi connectivity index (χ1n) is 6.67. The van der Waals surface area contributed by atoms with E-state index in [1.54, 1.807) is 20.8 Å². The van der Waals surface area contributed by atoms with Crippen LogP contribution in [-0.4, -0.2) is 28.1 Å². The number of aliphatic carboxylic acids is 1. The van der Waals surface area contributed by atoms with Gasteiger partial charge in [0.15, 0.2) is 5.13 Å². The van der Waals surface area contributed by atoms with Crippen molar-refractivity contribution in [3.05, 3.63) is 11.1 Å². The van der Waals surface area contributed by atoms with Gasteiger partial charge in [-0.25, -0.2) is 14.6 Å². The van der Waals surface area contributed by atoms with Crippen LogP contribution in [0.15, 0.2) is 5.38 Å². The molecule has 0 spiro atoms. The summed E-state index contributed by atoms with van der Waals surface area (Å²) in [7, 11) is 0. The lowest BCUT2D eigenvalue weighted by Crippen LogP contribution is -2.50. The molecule has 7 heteroatoms. The summed E-state index contributed by atoms with van der Waals surface area (Å²) in [6.45, 7) is 11.4. The minimum Gasteiger partial charge on any atom is -0.480 e. The SMILES string of the molecule is CC(C)(C)c1csc(NC(=O)N[C@@H](C(=O)O)C(C)(C)C)n1. The molecule has 0 aliphatic rings. The maximum Gasteiger partial charge on any atom is 0.326 e. The minimum absolute atomic E-state index is 0.0953. The molecule has 118 valence electrons. The van der Waals surface area contributed by atoms with E-state index in [1.807, 2.05) is 26.2 Å². The van der Waals surface area contributed by atoms with Gasteiger partial charge in [0.05, 0.1) is 5.69 Å². The van der Waals surface area contributed by atoms with E-state index in [9.17, 15) is 14.7 Å². The number of amides is 2. The van der Waals surface area contributed by atoms with E-state index in [2.05, 4.69) is 15.6 Å². The van der Waals surface area contributed by atoms with Crippen LogP contribution >= 0.6 is 11.3 Å². The van der Waals surface area contributed by atoms with Crippen molar-refractivity contribution in [2.75, 3.05) is 5.32 Å². The summed E-state index contributed by atoms with van der Waals surface area (Å²) < 4.78 is 0. The van der Waals surface area contributed by atoms with E-state index in [0.717, 1.165) is 5.69 Å². The Labute approximate surface area is 129 Å². The monoisotopic (exact) mass is 313 g/mol. The van der Waals surface area contributed by atoms with Gasteiger partial charge in [0, 0.05) is 10.8 Å². The fraction of sp³-hybridized carbons (Fsp3) is 0.643. The van der Waals surface area contributed by atoms with E-state index >= 15 is 0 Å². The molecule has 3 N–H and O–H groups in total. The predicted octanol–water partition coefficient (Wildman–Crippen LogP) is 3.06. The van der Waals surface area contributed by atoms with Crippen molar-refractivity contribution in [2.45, 2.75) is 53.0 Å². The van der Waals surface area contributed by atoms with E-state index in [4.69, 9.17) is 0 Å². The predicted molar refractivity (Wildman–Crippen MR) is 83.8 cm³/mol. The van der Waals surface area contributed by atoms with Crippen LogP contribution < -0.4 is 10.6 Å². The molecule has 1 aromatic rings. The fourth-order valence-electron chi connectivity index (χ4n) is 1.59. The standard InChI is InChI=1S/C14H23N3O3S/c1-13(2,3)8-7-21-12(15-8)17-11(20)16-9(10(18)19)14(4,5)6/h7,9H,1-6H3,(H,18,19)(H2,15,16,17,20)/t9-/m0/s1. The van der Waals surface area contributed by atoms with E-state index in [-0.39, 0.29) is 5.41 Å². The molecule has 1 heterocycles. The zero-order valence-electron chi connectivity index (χ0n) is 13.3. The lowest BCUT2D eigenvalue weighted by Gasteiger charge is -2.27. The van der Waals surface area contributed by atoms with Crippen molar-refractivity contribution in [2.24, 2.45) is 5.41 Å². The van der Waals surface area contributed by atoms with Crippen molar-refractivity contribution in [3.8, 4) is 0 Å². The normalized spacial score (nSPS) is 13.6. The van der Waals surface area contributed by atoms with Crippen LogP contribution in [0.3, 0.4) is 0 Å². The van der Waals surface area contributed by atoms with Crippen LogP contribution in [0.25, 0.3) is 0 Å². The van der Waals surface area contributed by atoms with Gasteiger partial charge >= 0.3 is 12.0 Å². The van der Waals surface area contributed by atoms with E-state index < -0.39 is 23.5 Å². The maximum atomic E-state index is 11.9. The Bertz CT molecular complexity index is 526. The van der Waals surface area contributed by atoms with Gasteiger partial charge < -0.3 is 10.4 Å². The Morgan fingerprint density at radius 3 is 2.19 bits per heavy atom. The quantitative estimate of drug-likeness (QED) is 0.799. The first-order chi connectivity index (χ1) is 9.41. The number of hydrogen-bond acceptors (Lipinski definition) is 4. The van der Waals surface area contributed by atoms with Gasteiger partial charge in [0.1, 0.15) is 6.04 Å². The maximum absolute atomic E-state index is 11.9. The summed E-state index contributed by atoms with van der Waals surface area (Å²) in [6.07, 6.45) is 0. The topological polar surface area (TPSA) is 91.3 Å². The van der Waals surface area contributed by atoms with Gasteiger partial charge in [-0.1, -0.05) is 41.5 Å². The lowest BCUT2D eigenvalue weighted by molar-refractivity contribution is -0.141. The molecule has 0 radical (unpaired) electrons. The van der Waals surface area contributed by atoms with Gasteiger partial charge in [0.2, 0.25) is 0 Å². The van der Waals surface area contributed by atoms with Crippen molar-refractivity contribution < 1.29 is 14.7 Å². The molecule has 2 amide bonds. The number of nitrogens with zero attached hydrogens (tertiary/aromatic N) is 1.